The average molecular weight is 400 g/mol. The van der Waals surface area contributed by atoms with Crippen LogP contribution in [0.15, 0.2) is 18.2 Å². The molecule has 0 radical (unpaired) electrons. The highest BCUT2D eigenvalue weighted by atomic mass is 19.4. The molecule has 28 heavy (non-hydrogen) atoms. The molecule has 0 saturated carbocycles. The van der Waals surface area contributed by atoms with E-state index in [1.165, 1.54) is 5.56 Å². The minimum atomic E-state index is -5.08. The Bertz CT molecular complexity index is 808. The smallest absolute Gasteiger partial charge is 0.475 e. The Kier molecular flexibility index (Phi) is 6.84. The van der Waals surface area contributed by atoms with Crippen molar-refractivity contribution < 1.29 is 23.1 Å². The number of aromatic amines is 1. The lowest BCUT2D eigenvalue weighted by molar-refractivity contribution is -0.192. The summed E-state index contributed by atoms with van der Waals surface area (Å²) >= 11 is 0. The molecule has 154 valence electrons. The van der Waals surface area contributed by atoms with Crippen molar-refractivity contribution in [2.45, 2.75) is 33.0 Å². The molecule has 11 heteroatoms. The summed E-state index contributed by atoms with van der Waals surface area (Å²) in [5.74, 6) is -0.0986. The van der Waals surface area contributed by atoms with Gasteiger partial charge in [-0.1, -0.05) is 0 Å². The van der Waals surface area contributed by atoms with Crippen LogP contribution in [0.3, 0.4) is 0 Å². The first-order valence-corrected chi connectivity index (χ1v) is 8.61. The van der Waals surface area contributed by atoms with Gasteiger partial charge < -0.3 is 20.6 Å². The summed E-state index contributed by atoms with van der Waals surface area (Å²) in [6.07, 6.45) is -5.08. The number of rotatable bonds is 3. The van der Waals surface area contributed by atoms with Crippen molar-refractivity contribution in [3.63, 3.8) is 0 Å². The van der Waals surface area contributed by atoms with Crippen LogP contribution in [0.2, 0.25) is 0 Å². The molecule has 0 aliphatic carbocycles. The molecule has 0 spiro atoms. The number of nitrogens with one attached hydrogen (secondary N) is 3. The summed E-state index contributed by atoms with van der Waals surface area (Å²) in [4.78, 5) is 16.0. The Hall–Kier alpha value is -2.82. The topological polar surface area (TPSA) is 106 Å². The van der Waals surface area contributed by atoms with Crippen molar-refractivity contribution in [2.75, 3.05) is 29.9 Å². The predicted octanol–water partition coefficient (Wildman–Crippen LogP) is 2.60. The van der Waals surface area contributed by atoms with Crippen LogP contribution in [0.4, 0.5) is 30.6 Å². The number of pyridine rings is 1. The zero-order valence-corrected chi connectivity index (χ0v) is 15.8. The summed E-state index contributed by atoms with van der Waals surface area (Å²) in [6.45, 7) is 9.25. The number of hydrogen-bond donors (Lipinski definition) is 4. The third-order valence-corrected chi connectivity index (χ3v) is 3.85. The van der Waals surface area contributed by atoms with Gasteiger partial charge in [0.15, 0.2) is 5.82 Å². The highest BCUT2D eigenvalue weighted by molar-refractivity contribution is 5.73. The Morgan fingerprint density at radius 1 is 1.29 bits per heavy atom. The van der Waals surface area contributed by atoms with E-state index in [9.17, 15) is 13.2 Å². The van der Waals surface area contributed by atoms with Gasteiger partial charge in [0, 0.05) is 37.4 Å². The SMILES string of the molecule is Cc1cc(Nc2cc(C)[nH]n2)nc(N2CCN[C@@H](C)C2)c1.O=C(O)C(F)(F)F. The van der Waals surface area contributed by atoms with E-state index in [1.807, 2.05) is 19.1 Å². The Morgan fingerprint density at radius 3 is 2.50 bits per heavy atom. The molecule has 8 nitrogen and oxygen atoms in total. The summed E-state index contributed by atoms with van der Waals surface area (Å²) < 4.78 is 31.7. The van der Waals surface area contributed by atoms with Gasteiger partial charge >= 0.3 is 12.1 Å². The van der Waals surface area contributed by atoms with Crippen LogP contribution in [0.25, 0.3) is 0 Å². The maximum atomic E-state index is 10.6. The zero-order chi connectivity index (χ0) is 20.9. The highest BCUT2D eigenvalue weighted by Crippen LogP contribution is 2.21. The van der Waals surface area contributed by atoms with E-state index >= 15 is 0 Å². The fourth-order valence-corrected chi connectivity index (χ4v) is 2.63. The number of carboxylic acid groups (broad SMARTS) is 1. The zero-order valence-electron chi connectivity index (χ0n) is 15.8. The molecule has 0 amide bonds. The number of carboxylic acids is 1. The molecule has 1 saturated heterocycles. The van der Waals surface area contributed by atoms with Crippen molar-refractivity contribution in [3.8, 4) is 0 Å². The Balaban J connectivity index is 0.000000345. The third-order valence-electron chi connectivity index (χ3n) is 3.85. The van der Waals surface area contributed by atoms with Gasteiger partial charge in [-0.3, -0.25) is 5.10 Å². The minimum absolute atomic E-state index is 0.492. The summed E-state index contributed by atoms with van der Waals surface area (Å²) in [7, 11) is 0. The molecule has 0 aromatic carbocycles. The lowest BCUT2D eigenvalue weighted by Crippen LogP contribution is -2.49. The van der Waals surface area contributed by atoms with Gasteiger partial charge in [-0.15, -0.1) is 0 Å². The van der Waals surface area contributed by atoms with Crippen molar-refractivity contribution in [2.24, 2.45) is 0 Å². The number of hydrogen-bond acceptors (Lipinski definition) is 6. The molecule has 4 N–H and O–H groups in total. The number of carbonyl (C=O) groups is 1. The van der Waals surface area contributed by atoms with E-state index in [0.29, 0.717) is 6.04 Å². The Labute approximate surface area is 160 Å². The quantitative estimate of drug-likeness (QED) is 0.628. The van der Waals surface area contributed by atoms with Crippen LogP contribution >= 0.6 is 0 Å². The number of anilines is 3. The normalized spacial score (nSPS) is 16.9. The number of H-pyrrole nitrogens is 1. The number of aliphatic carboxylic acids is 1. The van der Waals surface area contributed by atoms with Gasteiger partial charge in [-0.25, -0.2) is 9.78 Å². The lowest BCUT2D eigenvalue weighted by atomic mass is 10.2. The van der Waals surface area contributed by atoms with E-state index < -0.39 is 12.1 Å². The summed E-state index contributed by atoms with van der Waals surface area (Å²) in [5, 5.41) is 21.0. The second-order valence-electron chi connectivity index (χ2n) is 6.55. The molecule has 3 heterocycles. The van der Waals surface area contributed by atoms with E-state index in [-0.39, 0.29) is 0 Å². The number of halogens is 3. The average Bonchev–Trinajstić information content (AvgIpc) is 2.99. The molecule has 2 aromatic rings. The molecular weight excluding hydrogens is 377 g/mol. The maximum absolute atomic E-state index is 10.6. The molecule has 0 bridgehead atoms. The van der Waals surface area contributed by atoms with Crippen LogP contribution in [-0.4, -0.2) is 58.1 Å². The molecule has 3 rings (SSSR count). The first kappa shape index (κ1) is 21.5. The van der Waals surface area contributed by atoms with Crippen LogP contribution in [0, 0.1) is 13.8 Å². The minimum Gasteiger partial charge on any atom is -0.475 e. The number of piperazine rings is 1. The van der Waals surface area contributed by atoms with Gasteiger partial charge in [0.2, 0.25) is 0 Å². The van der Waals surface area contributed by atoms with Crippen LogP contribution in [0.1, 0.15) is 18.2 Å². The van der Waals surface area contributed by atoms with E-state index in [0.717, 1.165) is 42.8 Å². The first-order valence-electron chi connectivity index (χ1n) is 8.61. The number of aromatic nitrogens is 3. The molecule has 1 aliphatic heterocycles. The largest absolute Gasteiger partial charge is 0.490 e. The number of nitrogens with zero attached hydrogens (tertiary/aromatic N) is 3. The highest BCUT2D eigenvalue weighted by Gasteiger charge is 2.38. The van der Waals surface area contributed by atoms with Gasteiger partial charge in [0.25, 0.3) is 0 Å². The third kappa shape index (κ3) is 6.41. The van der Waals surface area contributed by atoms with Gasteiger partial charge in [0.1, 0.15) is 11.6 Å². The number of alkyl halides is 3. The van der Waals surface area contributed by atoms with E-state index in [1.54, 1.807) is 0 Å². The molecule has 1 aliphatic rings. The van der Waals surface area contributed by atoms with Crippen molar-refractivity contribution in [3.05, 3.63) is 29.5 Å². The first-order chi connectivity index (χ1) is 13.0. The fourth-order valence-electron chi connectivity index (χ4n) is 2.63. The monoisotopic (exact) mass is 400 g/mol. The lowest BCUT2D eigenvalue weighted by Gasteiger charge is -2.33. The van der Waals surface area contributed by atoms with Crippen molar-refractivity contribution >= 4 is 23.4 Å². The molecular formula is C17H23F3N6O2. The summed E-state index contributed by atoms with van der Waals surface area (Å²) in [6, 6.07) is 6.64. The van der Waals surface area contributed by atoms with Crippen LogP contribution < -0.4 is 15.5 Å². The molecule has 0 unspecified atom stereocenters. The fraction of sp³-hybridized carbons (Fsp3) is 0.471. The standard InChI is InChI=1S/C15H22N6.C2HF3O2/c1-10-6-13(17-14-8-11(2)19-20-14)18-15(7-10)21-5-4-16-12(3)9-21;3-2(4,5)1(6)7/h6-8,12,16H,4-5,9H2,1-3H3,(H2,17,18,19,20);(H,6,7)/t12-;/m0./s1. The summed E-state index contributed by atoms with van der Waals surface area (Å²) in [5.41, 5.74) is 2.22. The van der Waals surface area contributed by atoms with E-state index in [2.05, 4.69) is 45.6 Å². The van der Waals surface area contributed by atoms with Gasteiger partial charge in [0.05, 0.1) is 0 Å². The predicted molar refractivity (Wildman–Crippen MR) is 98.9 cm³/mol. The van der Waals surface area contributed by atoms with Crippen LogP contribution in [-0.2, 0) is 4.79 Å². The van der Waals surface area contributed by atoms with Gasteiger partial charge in [-0.2, -0.15) is 18.3 Å². The number of aryl methyl sites for hydroxylation is 2. The van der Waals surface area contributed by atoms with Gasteiger partial charge in [-0.05, 0) is 38.5 Å². The molecule has 1 atom stereocenters. The second kappa shape index (κ2) is 8.91. The molecule has 1 fully saturated rings. The van der Waals surface area contributed by atoms with Crippen molar-refractivity contribution in [1.82, 2.24) is 20.5 Å². The maximum Gasteiger partial charge on any atom is 0.490 e. The second-order valence-corrected chi connectivity index (χ2v) is 6.55. The van der Waals surface area contributed by atoms with Crippen molar-refractivity contribution in [1.29, 1.82) is 0 Å². The van der Waals surface area contributed by atoms with E-state index in [4.69, 9.17) is 14.9 Å². The Morgan fingerprint density at radius 2 is 1.96 bits per heavy atom. The van der Waals surface area contributed by atoms with Crippen LogP contribution in [0.5, 0.6) is 0 Å². The molecule has 2 aromatic heterocycles.